The summed E-state index contributed by atoms with van der Waals surface area (Å²) >= 11 is 0. The van der Waals surface area contributed by atoms with Crippen molar-refractivity contribution < 1.29 is 22.7 Å². The summed E-state index contributed by atoms with van der Waals surface area (Å²) in [4.78, 5) is 14.4. The standard InChI is InChI=1S/C20H27F3N2O2/c1-14-11-25(12-15(2)27-14)19(3,4)13-24-18(26)10-7-16-5-8-17(9-6-16)20(21,22)23/h5-10,14-15H,11-13H2,1-4H3,(H,24,26). The highest BCUT2D eigenvalue weighted by Crippen LogP contribution is 2.29. The third kappa shape index (κ3) is 6.36. The molecule has 0 aliphatic carbocycles. The minimum Gasteiger partial charge on any atom is -0.373 e. The molecule has 0 bridgehead atoms. The van der Waals surface area contributed by atoms with E-state index in [0.717, 1.165) is 25.2 Å². The molecule has 1 fully saturated rings. The van der Waals surface area contributed by atoms with Crippen molar-refractivity contribution in [1.82, 2.24) is 10.2 Å². The van der Waals surface area contributed by atoms with Gasteiger partial charge in [0.1, 0.15) is 0 Å². The van der Waals surface area contributed by atoms with Gasteiger partial charge in [0, 0.05) is 31.2 Å². The molecule has 1 aliphatic rings. The summed E-state index contributed by atoms with van der Waals surface area (Å²) in [6.45, 7) is 10.3. The lowest BCUT2D eigenvalue weighted by atomic mass is 10.00. The number of alkyl halides is 3. The third-order valence-corrected chi connectivity index (χ3v) is 4.64. The molecule has 1 saturated heterocycles. The smallest absolute Gasteiger partial charge is 0.373 e. The third-order valence-electron chi connectivity index (χ3n) is 4.64. The van der Waals surface area contributed by atoms with E-state index in [1.54, 1.807) is 0 Å². The molecule has 1 amide bonds. The number of nitrogens with zero attached hydrogens (tertiary/aromatic N) is 1. The topological polar surface area (TPSA) is 41.6 Å². The van der Waals surface area contributed by atoms with Crippen LogP contribution in [0.5, 0.6) is 0 Å². The summed E-state index contributed by atoms with van der Waals surface area (Å²) in [7, 11) is 0. The largest absolute Gasteiger partial charge is 0.416 e. The van der Waals surface area contributed by atoms with Crippen LogP contribution in [0.15, 0.2) is 30.3 Å². The van der Waals surface area contributed by atoms with Gasteiger partial charge in [-0.3, -0.25) is 9.69 Å². The van der Waals surface area contributed by atoms with Crippen LogP contribution >= 0.6 is 0 Å². The lowest BCUT2D eigenvalue weighted by Gasteiger charge is -2.45. The molecule has 2 rings (SSSR count). The molecule has 1 aromatic rings. The van der Waals surface area contributed by atoms with Gasteiger partial charge in [0.25, 0.3) is 0 Å². The summed E-state index contributed by atoms with van der Waals surface area (Å²) in [5.74, 6) is -0.280. The number of carbonyl (C=O) groups is 1. The summed E-state index contributed by atoms with van der Waals surface area (Å²) in [5.41, 5.74) is -0.405. The van der Waals surface area contributed by atoms with Crippen LogP contribution in [0.1, 0.15) is 38.8 Å². The number of halogens is 3. The average Bonchev–Trinajstić information content (AvgIpc) is 2.57. The van der Waals surface area contributed by atoms with Crippen molar-refractivity contribution in [3.63, 3.8) is 0 Å². The molecular formula is C20H27F3N2O2. The Labute approximate surface area is 158 Å². The summed E-state index contributed by atoms with van der Waals surface area (Å²) in [5, 5.41) is 2.87. The first-order chi connectivity index (χ1) is 12.5. The molecule has 27 heavy (non-hydrogen) atoms. The number of benzene rings is 1. The van der Waals surface area contributed by atoms with E-state index in [2.05, 4.69) is 24.1 Å². The van der Waals surface area contributed by atoms with Gasteiger partial charge in [0.05, 0.1) is 17.8 Å². The normalized spacial score (nSPS) is 22.2. The number of amides is 1. The van der Waals surface area contributed by atoms with Crippen LogP contribution in [0.4, 0.5) is 13.2 Å². The van der Waals surface area contributed by atoms with Crippen molar-refractivity contribution in [2.45, 2.75) is 51.6 Å². The first-order valence-electron chi connectivity index (χ1n) is 9.01. The molecule has 0 spiro atoms. The minimum absolute atomic E-state index is 0.142. The predicted molar refractivity (Wildman–Crippen MR) is 99.1 cm³/mol. The van der Waals surface area contributed by atoms with Crippen LogP contribution in [0, 0.1) is 0 Å². The maximum Gasteiger partial charge on any atom is 0.416 e. The van der Waals surface area contributed by atoms with Gasteiger partial charge in [-0.05, 0) is 51.5 Å². The molecule has 2 atom stereocenters. The van der Waals surface area contributed by atoms with E-state index in [-0.39, 0.29) is 23.7 Å². The molecular weight excluding hydrogens is 357 g/mol. The second-order valence-electron chi connectivity index (χ2n) is 7.65. The Kier molecular flexibility index (Phi) is 6.70. The number of hydrogen-bond donors (Lipinski definition) is 1. The van der Waals surface area contributed by atoms with E-state index in [9.17, 15) is 18.0 Å². The average molecular weight is 384 g/mol. The Morgan fingerprint density at radius 1 is 1.19 bits per heavy atom. The molecule has 7 heteroatoms. The van der Waals surface area contributed by atoms with Gasteiger partial charge in [-0.25, -0.2) is 0 Å². The van der Waals surface area contributed by atoms with Crippen LogP contribution in [0.2, 0.25) is 0 Å². The summed E-state index contributed by atoms with van der Waals surface area (Å²) < 4.78 is 43.4. The minimum atomic E-state index is -4.36. The van der Waals surface area contributed by atoms with Crippen LogP contribution in [0.25, 0.3) is 6.08 Å². The second-order valence-corrected chi connectivity index (χ2v) is 7.65. The van der Waals surface area contributed by atoms with Crippen LogP contribution in [-0.4, -0.2) is 48.2 Å². The predicted octanol–water partition coefficient (Wildman–Crippen LogP) is 3.72. The van der Waals surface area contributed by atoms with Crippen LogP contribution in [0.3, 0.4) is 0 Å². The first-order valence-corrected chi connectivity index (χ1v) is 9.01. The lowest BCUT2D eigenvalue weighted by Crippen LogP contribution is -2.58. The second kappa shape index (κ2) is 8.44. The van der Waals surface area contributed by atoms with Crippen molar-refractivity contribution in [2.24, 2.45) is 0 Å². The zero-order chi connectivity index (χ0) is 20.2. The number of hydrogen-bond acceptors (Lipinski definition) is 3. The fraction of sp³-hybridized carbons (Fsp3) is 0.550. The Bertz CT molecular complexity index is 659. The molecule has 1 N–H and O–H groups in total. The molecule has 2 unspecified atom stereocenters. The van der Waals surface area contributed by atoms with Gasteiger partial charge < -0.3 is 10.1 Å². The van der Waals surface area contributed by atoms with E-state index in [1.807, 2.05) is 13.8 Å². The summed E-state index contributed by atoms with van der Waals surface area (Å²) in [6.07, 6.45) is -1.24. The number of ether oxygens (including phenoxy) is 1. The van der Waals surface area contributed by atoms with Gasteiger partial charge in [-0.2, -0.15) is 13.2 Å². The molecule has 1 aromatic carbocycles. The van der Waals surface area contributed by atoms with E-state index >= 15 is 0 Å². The Balaban J connectivity index is 1.88. The lowest BCUT2D eigenvalue weighted by molar-refractivity contribution is -0.137. The highest BCUT2D eigenvalue weighted by molar-refractivity contribution is 5.91. The van der Waals surface area contributed by atoms with E-state index in [0.29, 0.717) is 12.1 Å². The SMILES string of the molecule is CC1CN(C(C)(C)CNC(=O)C=Cc2ccc(C(F)(F)F)cc2)CC(C)O1. The number of nitrogens with one attached hydrogen (secondary N) is 1. The number of rotatable bonds is 5. The fourth-order valence-electron chi connectivity index (χ4n) is 3.10. The van der Waals surface area contributed by atoms with Crippen molar-refractivity contribution in [3.8, 4) is 0 Å². The van der Waals surface area contributed by atoms with Gasteiger partial charge in [0.15, 0.2) is 0 Å². The molecule has 0 saturated carbocycles. The van der Waals surface area contributed by atoms with Crippen molar-refractivity contribution in [2.75, 3.05) is 19.6 Å². The molecule has 1 aliphatic heterocycles. The zero-order valence-electron chi connectivity index (χ0n) is 16.1. The van der Waals surface area contributed by atoms with Gasteiger partial charge >= 0.3 is 6.18 Å². The Morgan fingerprint density at radius 2 is 1.74 bits per heavy atom. The molecule has 0 aromatic heterocycles. The molecule has 150 valence electrons. The highest BCUT2D eigenvalue weighted by atomic mass is 19.4. The first kappa shape index (κ1) is 21.4. The molecule has 4 nitrogen and oxygen atoms in total. The molecule has 0 radical (unpaired) electrons. The van der Waals surface area contributed by atoms with E-state index in [4.69, 9.17) is 4.74 Å². The summed E-state index contributed by atoms with van der Waals surface area (Å²) in [6, 6.07) is 4.68. The van der Waals surface area contributed by atoms with Crippen LogP contribution < -0.4 is 5.32 Å². The Hall–Kier alpha value is -1.86. The van der Waals surface area contributed by atoms with Crippen molar-refractivity contribution >= 4 is 12.0 Å². The van der Waals surface area contributed by atoms with Gasteiger partial charge in [0.2, 0.25) is 5.91 Å². The fourth-order valence-corrected chi connectivity index (χ4v) is 3.10. The molecule has 1 heterocycles. The highest BCUT2D eigenvalue weighted by Gasteiger charge is 2.33. The quantitative estimate of drug-likeness (QED) is 0.787. The van der Waals surface area contributed by atoms with Gasteiger partial charge in [-0.15, -0.1) is 0 Å². The maximum absolute atomic E-state index is 12.6. The number of morpholine rings is 1. The van der Waals surface area contributed by atoms with Crippen molar-refractivity contribution in [3.05, 3.63) is 41.5 Å². The van der Waals surface area contributed by atoms with E-state index < -0.39 is 11.7 Å². The van der Waals surface area contributed by atoms with Crippen molar-refractivity contribution in [1.29, 1.82) is 0 Å². The van der Waals surface area contributed by atoms with Gasteiger partial charge in [-0.1, -0.05) is 12.1 Å². The Morgan fingerprint density at radius 3 is 2.26 bits per heavy atom. The monoisotopic (exact) mass is 384 g/mol. The zero-order valence-corrected chi connectivity index (χ0v) is 16.1. The maximum atomic E-state index is 12.6. The van der Waals surface area contributed by atoms with E-state index in [1.165, 1.54) is 24.3 Å². The van der Waals surface area contributed by atoms with Crippen LogP contribution in [-0.2, 0) is 15.7 Å². The number of carbonyl (C=O) groups excluding carboxylic acids is 1.